The van der Waals surface area contributed by atoms with Crippen LogP contribution in [0.25, 0.3) is 10.4 Å². The van der Waals surface area contributed by atoms with Gasteiger partial charge < -0.3 is 5.32 Å². The Balaban J connectivity index is 2.19. The van der Waals surface area contributed by atoms with Crippen molar-refractivity contribution in [2.75, 3.05) is 6.54 Å². The number of rotatable bonds is 7. The summed E-state index contributed by atoms with van der Waals surface area (Å²) in [5, 5.41) is 8.10. The minimum absolute atomic E-state index is 0.496. The number of aryl methyl sites for hydroxylation is 2. The standard InChI is InChI=1S/C16H25N3S/c1-5-7-14(17-10-6-2)16-9-8-15(20-16)13-11-19(4)18-12(13)3/h8-9,11,14,17H,5-7,10H2,1-4H3. The molecule has 0 aliphatic heterocycles. The van der Waals surface area contributed by atoms with E-state index >= 15 is 0 Å². The van der Waals surface area contributed by atoms with Gasteiger partial charge in [-0.3, -0.25) is 4.68 Å². The Labute approximate surface area is 126 Å². The third kappa shape index (κ3) is 3.49. The Morgan fingerprint density at radius 1 is 1.30 bits per heavy atom. The smallest absolute Gasteiger partial charge is 0.0680 e. The third-order valence-corrected chi connectivity index (χ3v) is 4.70. The molecule has 1 atom stereocenters. The van der Waals surface area contributed by atoms with Crippen molar-refractivity contribution in [3.05, 3.63) is 28.9 Å². The summed E-state index contributed by atoms with van der Waals surface area (Å²) in [6, 6.07) is 5.01. The average molecular weight is 291 g/mol. The van der Waals surface area contributed by atoms with Crippen molar-refractivity contribution < 1.29 is 0 Å². The van der Waals surface area contributed by atoms with Gasteiger partial charge in [0.05, 0.1) is 5.69 Å². The molecule has 0 amide bonds. The van der Waals surface area contributed by atoms with E-state index in [-0.39, 0.29) is 0 Å². The molecule has 2 aromatic heterocycles. The number of thiophene rings is 1. The fourth-order valence-corrected chi connectivity index (χ4v) is 3.66. The maximum absolute atomic E-state index is 4.44. The lowest BCUT2D eigenvalue weighted by Gasteiger charge is -2.15. The number of hydrogen-bond donors (Lipinski definition) is 1. The van der Waals surface area contributed by atoms with E-state index in [4.69, 9.17) is 0 Å². The predicted octanol–water partition coefficient (Wildman–Crippen LogP) is 4.30. The molecule has 2 heterocycles. The van der Waals surface area contributed by atoms with Gasteiger partial charge in [-0.15, -0.1) is 11.3 Å². The molecule has 2 aromatic rings. The van der Waals surface area contributed by atoms with E-state index in [1.807, 2.05) is 23.1 Å². The van der Waals surface area contributed by atoms with Gasteiger partial charge in [0.25, 0.3) is 0 Å². The van der Waals surface area contributed by atoms with Crippen LogP contribution in [0.4, 0.5) is 0 Å². The van der Waals surface area contributed by atoms with Crippen molar-refractivity contribution in [3.63, 3.8) is 0 Å². The zero-order valence-corrected chi connectivity index (χ0v) is 13.8. The highest BCUT2D eigenvalue weighted by atomic mass is 32.1. The summed E-state index contributed by atoms with van der Waals surface area (Å²) >= 11 is 1.90. The number of nitrogens with zero attached hydrogens (tertiary/aromatic N) is 2. The molecule has 0 radical (unpaired) electrons. The van der Waals surface area contributed by atoms with Crippen molar-refractivity contribution in [1.82, 2.24) is 15.1 Å². The molecular weight excluding hydrogens is 266 g/mol. The Kier molecular flexibility index (Phi) is 5.38. The fourth-order valence-electron chi connectivity index (χ4n) is 2.48. The summed E-state index contributed by atoms with van der Waals surface area (Å²) in [4.78, 5) is 2.77. The van der Waals surface area contributed by atoms with Crippen LogP contribution >= 0.6 is 11.3 Å². The van der Waals surface area contributed by atoms with Crippen LogP contribution < -0.4 is 5.32 Å². The van der Waals surface area contributed by atoms with Gasteiger partial charge in [-0.05, 0) is 38.4 Å². The molecule has 0 fully saturated rings. The molecule has 0 saturated carbocycles. The van der Waals surface area contributed by atoms with Crippen LogP contribution in [0.1, 0.15) is 49.7 Å². The van der Waals surface area contributed by atoms with E-state index in [2.05, 4.69) is 49.5 Å². The van der Waals surface area contributed by atoms with Crippen LogP contribution in [0.2, 0.25) is 0 Å². The van der Waals surface area contributed by atoms with E-state index in [1.165, 1.54) is 34.6 Å². The Bertz CT molecular complexity index is 542. The molecule has 0 aliphatic rings. The maximum atomic E-state index is 4.44. The quantitative estimate of drug-likeness (QED) is 0.824. The van der Waals surface area contributed by atoms with Crippen molar-refractivity contribution in [2.24, 2.45) is 7.05 Å². The number of aromatic nitrogens is 2. The summed E-state index contributed by atoms with van der Waals surface area (Å²) in [6.45, 7) is 7.63. The van der Waals surface area contributed by atoms with E-state index in [9.17, 15) is 0 Å². The number of nitrogens with one attached hydrogen (secondary N) is 1. The summed E-state index contributed by atoms with van der Waals surface area (Å²) in [5.41, 5.74) is 2.36. The van der Waals surface area contributed by atoms with Crippen LogP contribution in [-0.4, -0.2) is 16.3 Å². The summed E-state index contributed by atoms with van der Waals surface area (Å²) in [6.07, 6.45) is 5.70. The molecule has 0 saturated heterocycles. The first-order valence-electron chi connectivity index (χ1n) is 7.49. The minimum Gasteiger partial charge on any atom is -0.309 e. The van der Waals surface area contributed by atoms with Crippen molar-refractivity contribution in [2.45, 2.75) is 46.1 Å². The SMILES string of the molecule is CCCNC(CCC)c1ccc(-c2cn(C)nc2C)s1. The van der Waals surface area contributed by atoms with Gasteiger partial charge in [-0.1, -0.05) is 20.3 Å². The molecule has 3 nitrogen and oxygen atoms in total. The highest BCUT2D eigenvalue weighted by Crippen LogP contribution is 2.34. The highest BCUT2D eigenvalue weighted by Gasteiger charge is 2.14. The molecule has 0 aliphatic carbocycles. The zero-order chi connectivity index (χ0) is 14.5. The average Bonchev–Trinajstić information content (AvgIpc) is 3.01. The van der Waals surface area contributed by atoms with Crippen LogP contribution in [0.3, 0.4) is 0 Å². The predicted molar refractivity (Wildman–Crippen MR) is 87.2 cm³/mol. The first-order chi connectivity index (χ1) is 9.65. The molecule has 0 aromatic carbocycles. The number of hydrogen-bond acceptors (Lipinski definition) is 3. The first-order valence-corrected chi connectivity index (χ1v) is 8.31. The van der Waals surface area contributed by atoms with E-state index in [0.717, 1.165) is 12.2 Å². The summed E-state index contributed by atoms with van der Waals surface area (Å²) < 4.78 is 1.89. The molecule has 0 spiro atoms. The lowest BCUT2D eigenvalue weighted by molar-refractivity contribution is 0.501. The van der Waals surface area contributed by atoms with E-state index in [1.54, 1.807) is 0 Å². The van der Waals surface area contributed by atoms with Gasteiger partial charge in [0, 0.05) is 34.6 Å². The Hall–Kier alpha value is -1.13. The molecule has 2 rings (SSSR count). The van der Waals surface area contributed by atoms with Crippen molar-refractivity contribution in [1.29, 1.82) is 0 Å². The third-order valence-electron chi connectivity index (χ3n) is 3.47. The Morgan fingerprint density at radius 2 is 2.10 bits per heavy atom. The van der Waals surface area contributed by atoms with Crippen molar-refractivity contribution >= 4 is 11.3 Å². The Morgan fingerprint density at radius 3 is 2.70 bits per heavy atom. The molecule has 1 N–H and O–H groups in total. The van der Waals surface area contributed by atoms with E-state index in [0.29, 0.717) is 6.04 Å². The minimum atomic E-state index is 0.496. The van der Waals surface area contributed by atoms with E-state index < -0.39 is 0 Å². The monoisotopic (exact) mass is 291 g/mol. The highest BCUT2D eigenvalue weighted by molar-refractivity contribution is 7.15. The normalized spacial score (nSPS) is 12.8. The second kappa shape index (κ2) is 7.04. The summed E-state index contributed by atoms with van der Waals surface area (Å²) in [7, 11) is 1.98. The van der Waals surface area contributed by atoms with Crippen LogP contribution in [0.15, 0.2) is 18.3 Å². The molecule has 1 unspecified atom stereocenters. The van der Waals surface area contributed by atoms with Gasteiger partial charge in [-0.2, -0.15) is 5.10 Å². The van der Waals surface area contributed by atoms with Crippen molar-refractivity contribution in [3.8, 4) is 10.4 Å². The molecular formula is C16H25N3S. The molecule has 0 bridgehead atoms. The van der Waals surface area contributed by atoms with Gasteiger partial charge in [0.1, 0.15) is 0 Å². The lowest BCUT2D eigenvalue weighted by Crippen LogP contribution is -2.21. The zero-order valence-electron chi connectivity index (χ0n) is 12.9. The second-order valence-electron chi connectivity index (χ2n) is 5.30. The van der Waals surface area contributed by atoms with Crippen LogP contribution in [-0.2, 0) is 7.05 Å². The van der Waals surface area contributed by atoms with Gasteiger partial charge >= 0.3 is 0 Å². The van der Waals surface area contributed by atoms with Crippen LogP contribution in [0.5, 0.6) is 0 Å². The topological polar surface area (TPSA) is 29.9 Å². The molecule has 110 valence electrons. The van der Waals surface area contributed by atoms with Gasteiger partial charge in [0.15, 0.2) is 0 Å². The fraction of sp³-hybridized carbons (Fsp3) is 0.562. The lowest BCUT2D eigenvalue weighted by atomic mass is 10.1. The van der Waals surface area contributed by atoms with Gasteiger partial charge in [0.2, 0.25) is 0 Å². The molecule has 4 heteroatoms. The molecule has 20 heavy (non-hydrogen) atoms. The van der Waals surface area contributed by atoms with Gasteiger partial charge in [-0.25, -0.2) is 0 Å². The second-order valence-corrected chi connectivity index (χ2v) is 6.41. The first kappa shape index (κ1) is 15.3. The maximum Gasteiger partial charge on any atom is 0.0680 e. The summed E-state index contributed by atoms with van der Waals surface area (Å²) in [5.74, 6) is 0. The largest absolute Gasteiger partial charge is 0.309 e. The van der Waals surface area contributed by atoms with Crippen LogP contribution in [0, 0.1) is 6.92 Å².